The quantitative estimate of drug-likeness (QED) is 0.676. The van der Waals surface area contributed by atoms with Crippen LogP contribution in [0.25, 0.3) is 0 Å². The van der Waals surface area contributed by atoms with Crippen molar-refractivity contribution in [3.63, 3.8) is 0 Å². The molecule has 134 valence electrons. The highest BCUT2D eigenvalue weighted by Crippen LogP contribution is 2.12. The topological polar surface area (TPSA) is 75.7 Å². The van der Waals surface area contributed by atoms with Crippen LogP contribution < -0.4 is 15.4 Å². The van der Waals surface area contributed by atoms with E-state index >= 15 is 0 Å². The van der Waals surface area contributed by atoms with Gasteiger partial charge in [0, 0.05) is 25.8 Å². The van der Waals surface area contributed by atoms with Gasteiger partial charge in [-0.15, -0.1) is 0 Å². The van der Waals surface area contributed by atoms with Crippen molar-refractivity contribution >= 4 is 11.7 Å². The Kier molecular flexibility index (Phi) is 7.77. The molecule has 1 aliphatic rings. The molecule has 1 fully saturated rings. The van der Waals surface area contributed by atoms with Crippen LogP contribution in [0, 0.1) is 0 Å². The van der Waals surface area contributed by atoms with Crippen LogP contribution in [0.1, 0.15) is 26.2 Å². The Morgan fingerprint density at radius 3 is 2.75 bits per heavy atom. The van der Waals surface area contributed by atoms with Crippen LogP contribution in [0.5, 0.6) is 5.88 Å². The van der Waals surface area contributed by atoms with E-state index in [-0.39, 0.29) is 12.1 Å². The van der Waals surface area contributed by atoms with Crippen molar-refractivity contribution < 1.29 is 14.3 Å². The number of nitrogens with zero attached hydrogens (tertiary/aromatic N) is 2. The maximum Gasteiger partial charge on any atom is 0.319 e. The molecule has 0 aliphatic carbocycles. The summed E-state index contributed by atoms with van der Waals surface area (Å²) < 4.78 is 10.3. The second kappa shape index (κ2) is 10.1. The summed E-state index contributed by atoms with van der Waals surface area (Å²) in [5.41, 5.74) is 0.641. The third-order valence-electron chi connectivity index (χ3n) is 4.04. The number of carbonyl (C=O) groups excluding carboxylic acids is 1. The molecule has 0 aromatic carbocycles. The lowest BCUT2D eigenvalue weighted by Gasteiger charge is -2.23. The summed E-state index contributed by atoms with van der Waals surface area (Å²) >= 11 is 0. The standard InChI is InChI=1S/C17H28N4O3/c1-3-14(13-21-8-4-5-9-21)19-17(22)20-15-6-7-16(18-12-15)24-11-10-23-2/h6-7,12,14H,3-5,8-11,13H2,1-2H3,(H2,19,20,22)/t14-/m0/s1. The lowest BCUT2D eigenvalue weighted by molar-refractivity contribution is 0.144. The number of hydrogen-bond acceptors (Lipinski definition) is 5. The molecule has 2 amide bonds. The first-order valence-corrected chi connectivity index (χ1v) is 8.59. The summed E-state index contributed by atoms with van der Waals surface area (Å²) in [6, 6.07) is 3.46. The number of carbonyl (C=O) groups is 1. The maximum atomic E-state index is 12.1. The van der Waals surface area contributed by atoms with Gasteiger partial charge in [0.05, 0.1) is 18.5 Å². The summed E-state index contributed by atoms with van der Waals surface area (Å²) in [6.07, 6.45) is 5.01. The maximum absolute atomic E-state index is 12.1. The Hall–Kier alpha value is -1.86. The van der Waals surface area contributed by atoms with Gasteiger partial charge in [0.25, 0.3) is 0 Å². The van der Waals surface area contributed by atoms with Crippen molar-refractivity contribution in [3.8, 4) is 5.88 Å². The van der Waals surface area contributed by atoms with Gasteiger partial charge in [-0.3, -0.25) is 0 Å². The van der Waals surface area contributed by atoms with Gasteiger partial charge in [-0.25, -0.2) is 9.78 Å². The predicted octanol–water partition coefficient (Wildman–Crippen LogP) is 2.10. The van der Waals surface area contributed by atoms with Crippen LogP contribution in [-0.2, 0) is 4.74 Å². The van der Waals surface area contributed by atoms with E-state index in [1.165, 1.54) is 12.8 Å². The Balaban J connectivity index is 1.75. The molecule has 1 aromatic rings. The Morgan fingerprint density at radius 1 is 1.33 bits per heavy atom. The summed E-state index contributed by atoms with van der Waals surface area (Å²) in [5, 5.41) is 5.85. The van der Waals surface area contributed by atoms with Crippen LogP contribution in [0.2, 0.25) is 0 Å². The Labute approximate surface area is 143 Å². The van der Waals surface area contributed by atoms with Gasteiger partial charge in [0.15, 0.2) is 0 Å². The largest absolute Gasteiger partial charge is 0.475 e. The molecule has 0 unspecified atom stereocenters. The number of urea groups is 1. The van der Waals surface area contributed by atoms with Crippen LogP contribution in [0.15, 0.2) is 18.3 Å². The summed E-state index contributed by atoms with van der Waals surface area (Å²) in [4.78, 5) is 18.7. The highest BCUT2D eigenvalue weighted by molar-refractivity contribution is 5.89. The molecule has 2 N–H and O–H groups in total. The van der Waals surface area contributed by atoms with E-state index in [1.54, 1.807) is 25.4 Å². The van der Waals surface area contributed by atoms with Gasteiger partial charge in [-0.05, 0) is 38.4 Å². The predicted molar refractivity (Wildman–Crippen MR) is 93.5 cm³/mol. The van der Waals surface area contributed by atoms with Gasteiger partial charge in [0.2, 0.25) is 5.88 Å². The number of amides is 2. The van der Waals surface area contributed by atoms with Crippen molar-refractivity contribution in [2.24, 2.45) is 0 Å². The number of aromatic nitrogens is 1. The van der Waals surface area contributed by atoms with Crippen LogP contribution in [-0.4, -0.2) is 61.9 Å². The average Bonchev–Trinajstić information content (AvgIpc) is 3.09. The molecule has 2 rings (SSSR count). The highest BCUT2D eigenvalue weighted by atomic mass is 16.5. The molecule has 7 nitrogen and oxygen atoms in total. The number of likely N-dealkylation sites (tertiary alicyclic amines) is 1. The molecule has 1 saturated heterocycles. The van der Waals surface area contributed by atoms with Crippen LogP contribution >= 0.6 is 0 Å². The minimum Gasteiger partial charge on any atom is -0.475 e. The Bertz CT molecular complexity index is 489. The molecule has 0 bridgehead atoms. The molecule has 7 heteroatoms. The molecule has 0 spiro atoms. The minimum atomic E-state index is -0.198. The molecule has 0 saturated carbocycles. The number of nitrogens with one attached hydrogen (secondary N) is 2. The van der Waals surface area contributed by atoms with Gasteiger partial charge < -0.3 is 25.0 Å². The monoisotopic (exact) mass is 336 g/mol. The molecule has 0 radical (unpaired) electrons. The second-order valence-electron chi connectivity index (χ2n) is 5.94. The number of rotatable bonds is 9. The number of pyridine rings is 1. The number of anilines is 1. The summed E-state index contributed by atoms with van der Waals surface area (Å²) in [6.45, 7) is 6.23. The number of methoxy groups -OCH3 is 1. The second-order valence-corrected chi connectivity index (χ2v) is 5.94. The van der Waals surface area contributed by atoms with E-state index in [0.29, 0.717) is 24.8 Å². The van der Waals surface area contributed by atoms with Crippen molar-refractivity contribution in [1.29, 1.82) is 0 Å². The molecule has 1 aromatic heterocycles. The van der Waals surface area contributed by atoms with Crippen LogP contribution in [0.4, 0.5) is 10.5 Å². The fourth-order valence-corrected chi connectivity index (χ4v) is 2.68. The molecule has 1 atom stereocenters. The first kappa shape index (κ1) is 18.5. The van der Waals surface area contributed by atoms with Gasteiger partial charge in [-0.2, -0.15) is 0 Å². The van der Waals surface area contributed by atoms with Gasteiger partial charge >= 0.3 is 6.03 Å². The molecule has 24 heavy (non-hydrogen) atoms. The molecular formula is C17H28N4O3. The normalized spacial score (nSPS) is 15.9. The molecule has 1 aliphatic heterocycles. The minimum absolute atomic E-state index is 0.160. The smallest absolute Gasteiger partial charge is 0.319 e. The summed E-state index contributed by atoms with van der Waals surface area (Å²) in [7, 11) is 1.62. The molecular weight excluding hydrogens is 308 g/mol. The van der Waals surface area contributed by atoms with E-state index in [0.717, 1.165) is 26.1 Å². The SMILES string of the molecule is CC[C@@H](CN1CCCC1)NC(=O)Nc1ccc(OCCOC)nc1. The Morgan fingerprint density at radius 2 is 2.12 bits per heavy atom. The van der Waals surface area contributed by atoms with E-state index in [2.05, 4.69) is 27.4 Å². The lowest BCUT2D eigenvalue weighted by atomic mass is 10.2. The van der Waals surface area contributed by atoms with E-state index in [9.17, 15) is 4.79 Å². The van der Waals surface area contributed by atoms with Gasteiger partial charge in [-0.1, -0.05) is 6.92 Å². The highest BCUT2D eigenvalue weighted by Gasteiger charge is 2.17. The first-order valence-electron chi connectivity index (χ1n) is 8.59. The zero-order valence-electron chi connectivity index (χ0n) is 14.6. The van der Waals surface area contributed by atoms with E-state index in [4.69, 9.17) is 9.47 Å². The van der Waals surface area contributed by atoms with Crippen molar-refractivity contribution in [3.05, 3.63) is 18.3 Å². The first-order chi connectivity index (χ1) is 11.7. The molecule has 2 heterocycles. The zero-order valence-corrected chi connectivity index (χ0v) is 14.6. The third kappa shape index (κ3) is 6.33. The lowest BCUT2D eigenvalue weighted by Crippen LogP contribution is -2.44. The number of ether oxygens (including phenoxy) is 2. The van der Waals surface area contributed by atoms with Crippen molar-refractivity contribution in [2.75, 3.05) is 45.3 Å². The van der Waals surface area contributed by atoms with Crippen LogP contribution in [0.3, 0.4) is 0 Å². The fraction of sp³-hybridized carbons (Fsp3) is 0.647. The average molecular weight is 336 g/mol. The summed E-state index contributed by atoms with van der Waals surface area (Å²) in [5.74, 6) is 0.512. The van der Waals surface area contributed by atoms with Crippen molar-refractivity contribution in [2.45, 2.75) is 32.2 Å². The number of hydrogen-bond donors (Lipinski definition) is 2. The third-order valence-corrected chi connectivity index (χ3v) is 4.04. The van der Waals surface area contributed by atoms with E-state index < -0.39 is 0 Å². The van der Waals surface area contributed by atoms with Gasteiger partial charge in [0.1, 0.15) is 6.61 Å². The van der Waals surface area contributed by atoms with E-state index in [1.807, 2.05) is 0 Å². The fourth-order valence-electron chi connectivity index (χ4n) is 2.68. The zero-order chi connectivity index (χ0) is 17.2. The van der Waals surface area contributed by atoms with Crippen molar-refractivity contribution in [1.82, 2.24) is 15.2 Å².